The number of nitrogens with zero attached hydrogens (tertiary/aromatic N) is 2. The molecule has 0 radical (unpaired) electrons. The Labute approximate surface area is 130 Å². The van der Waals surface area contributed by atoms with Crippen LogP contribution in [0, 0.1) is 11.3 Å². The summed E-state index contributed by atoms with van der Waals surface area (Å²) in [6.07, 6.45) is 1.75. The zero-order chi connectivity index (χ0) is 14.0. The second-order valence-corrected chi connectivity index (χ2v) is 5.30. The number of pyridine rings is 1. The molecule has 0 amide bonds. The van der Waals surface area contributed by atoms with E-state index in [1.54, 1.807) is 24.4 Å². The Bertz CT molecular complexity index is 677. The Hall–Kier alpha value is -0.980. The van der Waals surface area contributed by atoms with Gasteiger partial charge in [-0.05, 0) is 23.8 Å². The monoisotopic (exact) mass is 330 g/mol. The summed E-state index contributed by atoms with van der Waals surface area (Å²) in [5.74, 6) is 0. The SMILES string of the molecule is N#CCc1ccnc(Cl)c1-c1cc(Cl)c(Cl)cc1Cl. The van der Waals surface area contributed by atoms with Crippen LogP contribution in [0.5, 0.6) is 0 Å². The molecule has 0 bridgehead atoms. The van der Waals surface area contributed by atoms with Gasteiger partial charge in [0.25, 0.3) is 0 Å². The van der Waals surface area contributed by atoms with Crippen LogP contribution >= 0.6 is 46.4 Å². The summed E-state index contributed by atoms with van der Waals surface area (Å²) in [6, 6.07) is 6.97. The third kappa shape index (κ3) is 2.96. The maximum absolute atomic E-state index is 8.86. The summed E-state index contributed by atoms with van der Waals surface area (Å²) in [7, 11) is 0. The van der Waals surface area contributed by atoms with Crippen molar-refractivity contribution in [2.24, 2.45) is 0 Å². The van der Waals surface area contributed by atoms with Crippen LogP contribution in [-0.2, 0) is 6.42 Å². The van der Waals surface area contributed by atoms with E-state index in [0.29, 0.717) is 26.2 Å². The van der Waals surface area contributed by atoms with Crippen molar-refractivity contribution >= 4 is 46.4 Å². The molecule has 2 nitrogen and oxygen atoms in total. The lowest BCUT2D eigenvalue weighted by Gasteiger charge is -2.11. The Kier molecular flexibility index (Phi) is 4.54. The maximum atomic E-state index is 8.86. The Morgan fingerprint density at radius 3 is 2.42 bits per heavy atom. The Morgan fingerprint density at radius 1 is 1.05 bits per heavy atom. The van der Waals surface area contributed by atoms with Crippen LogP contribution in [0.4, 0.5) is 0 Å². The number of rotatable bonds is 2. The third-order valence-corrected chi connectivity index (χ3v) is 3.86. The first-order valence-electron chi connectivity index (χ1n) is 5.20. The molecular weight excluding hydrogens is 326 g/mol. The highest BCUT2D eigenvalue weighted by Gasteiger charge is 2.15. The fraction of sp³-hybridized carbons (Fsp3) is 0.0769. The van der Waals surface area contributed by atoms with Crippen molar-refractivity contribution < 1.29 is 0 Å². The van der Waals surface area contributed by atoms with Crippen molar-refractivity contribution in [1.29, 1.82) is 5.26 Å². The van der Waals surface area contributed by atoms with E-state index in [9.17, 15) is 0 Å². The molecule has 0 fully saturated rings. The minimum Gasteiger partial charge on any atom is -0.244 e. The smallest absolute Gasteiger partial charge is 0.137 e. The molecule has 0 aliphatic carbocycles. The highest BCUT2D eigenvalue weighted by Crippen LogP contribution is 2.39. The molecule has 0 N–H and O–H groups in total. The molecule has 2 rings (SSSR count). The molecule has 0 saturated carbocycles. The topological polar surface area (TPSA) is 36.7 Å². The molecular formula is C13H6Cl4N2. The van der Waals surface area contributed by atoms with E-state index >= 15 is 0 Å². The highest BCUT2D eigenvalue weighted by molar-refractivity contribution is 6.44. The van der Waals surface area contributed by atoms with Gasteiger partial charge in [0.2, 0.25) is 0 Å². The fourth-order valence-corrected chi connectivity index (χ4v) is 2.62. The van der Waals surface area contributed by atoms with Crippen molar-refractivity contribution in [1.82, 2.24) is 4.98 Å². The number of hydrogen-bond donors (Lipinski definition) is 0. The van der Waals surface area contributed by atoms with Crippen molar-refractivity contribution in [2.45, 2.75) is 6.42 Å². The van der Waals surface area contributed by atoms with E-state index in [-0.39, 0.29) is 11.6 Å². The predicted molar refractivity (Wildman–Crippen MR) is 79.0 cm³/mol. The fourth-order valence-electron chi connectivity index (χ4n) is 1.70. The molecule has 0 saturated heterocycles. The van der Waals surface area contributed by atoms with E-state index in [2.05, 4.69) is 11.1 Å². The van der Waals surface area contributed by atoms with Crippen LogP contribution < -0.4 is 0 Å². The molecule has 0 aliphatic rings. The first-order valence-corrected chi connectivity index (χ1v) is 6.71. The van der Waals surface area contributed by atoms with Gasteiger partial charge >= 0.3 is 0 Å². The maximum Gasteiger partial charge on any atom is 0.137 e. The van der Waals surface area contributed by atoms with E-state index in [4.69, 9.17) is 51.7 Å². The van der Waals surface area contributed by atoms with Crippen molar-refractivity contribution in [3.05, 3.63) is 50.2 Å². The number of hydrogen-bond acceptors (Lipinski definition) is 2. The van der Waals surface area contributed by atoms with Gasteiger partial charge in [0.1, 0.15) is 5.15 Å². The molecule has 0 atom stereocenters. The van der Waals surface area contributed by atoms with Crippen LogP contribution in [-0.4, -0.2) is 4.98 Å². The summed E-state index contributed by atoms with van der Waals surface area (Å²) in [6.45, 7) is 0. The van der Waals surface area contributed by atoms with E-state index in [1.807, 2.05) is 0 Å². The van der Waals surface area contributed by atoms with Gasteiger partial charge < -0.3 is 0 Å². The molecule has 0 aliphatic heterocycles. The van der Waals surface area contributed by atoms with Gasteiger partial charge in [-0.15, -0.1) is 0 Å². The highest BCUT2D eigenvalue weighted by atomic mass is 35.5. The quantitative estimate of drug-likeness (QED) is 0.543. The molecule has 1 aromatic carbocycles. The van der Waals surface area contributed by atoms with Crippen molar-refractivity contribution in [3.63, 3.8) is 0 Å². The van der Waals surface area contributed by atoms with Gasteiger partial charge in [0.05, 0.1) is 27.6 Å². The lowest BCUT2D eigenvalue weighted by Crippen LogP contribution is -1.93. The number of aromatic nitrogens is 1. The molecule has 0 unspecified atom stereocenters. The molecule has 1 heterocycles. The number of halogens is 4. The Balaban J connectivity index is 2.72. The van der Waals surface area contributed by atoms with Gasteiger partial charge in [-0.25, -0.2) is 4.98 Å². The first kappa shape index (κ1) is 14.4. The molecule has 2 aromatic rings. The molecule has 1 aromatic heterocycles. The van der Waals surface area contributed by atoms with Crippen molar-refractivity contribution in [3.8, 4) is 17.2 Å². The van der Waals surface area contributed by atoms with E-state index in [0.717, 1.165) is 5.56 Å². The number of nitriles is 1. The molecule has 96 valence electrons. The first-order chi connectivity index (χ1) is 9.04. The third-order valence-electron chi connectivity index (χ3n) is 2.54. The van der Waals surface area contributed by atoms with Crippen LogP contribution in [0.15, 0.2) is 24.4 Å². The lowest BCUT2D eigenvalue weighted by atomic mass is 10.0. The van der Waals surface area contributed by atoms with Gasteiger partial charge in [0.15, 0.2) is 0 Å². The number of benzene rings is 1. The molecule has 6 heteroatoms. The summed E-state index contributed by atoms with van der Waals surface area (Å²) >= 11 is 24.2. The van der Waals surface area contributed by atoms with E-state index < -0.39 is 0 Å². The minimum atomic E-state index is 0.203. The molecule has 0 spiro atoms. The summed E-state index contributed by atoms with van der Waals surface area (Å²) in [5.41, 5.74) is 1.96. The van der Waals surface area contributed by atoms with Gasteiger partial charge in [-0.3, -0.25) is 0 Å². The predicted octanol–water partition coefficient (Wildman–Crippen LogP) is 5.43. The van der Waals surface area contributed by atoms with Gasteiger partial charge in [-0.2, -0.15) is 5.26 Å². The lowest BCUT2D eigenvalue weighted by molar-refractivity contribution is 1.21. The van der Waals surface area contributed by atoms with Crippen molar-refractivity contribution in [2.75, 3.05) is 0 Å². The molecule has 19 heavy (non-hydrogen) atoms. The second kappa shape index (κ2) is 5.98. The summed E-state index contributed by atoms with van der Waals surface area (Å²) in [5, 5.41) is 10.3. The van der Waals surface area contributed by atoms with Crippen LogP contribution in [0.1, 0.15) is 5.56 Å². The second-order valence-electron chi connectivity index (χ2n) is 3.72. The minimum absolute atomic E-state index is 0.203. The van der Waals surface area contributed by atoms with Crippen LogP contribution in [0.2, 0.25) is 20.2 Å². The zero-order valence-electron chi connectivity index (χ0n) is 9.42. The normalized spacial score (nSPS) is 10.3. The summed E-state index contributed by atoms with van der Waals surface area (Å²) < 4.78 is 0. The van der Waals surface area contributed by atoms with Gasteiger partial charge in [0, 0.05) is 17.3 Å². The Morgan fingerprint density at radius 2 is 1.74 bits per heavy atom. The average molecular weight is 332 g/mol. The van der Waals surface area contributed by atoms with E-state index in [1.165, 1.54) is 0 Å². The largest absolute Gasteiger partial charge is 0.244 e. The zero-order valence-corrected chi connectivity index (χ0v) is 12.4. The average Bonchev–Trinajstić information content (AvgIpc) is 2.35. The van der Waals surface area contributed by atoms with Crippen LogP contribution in [0.3, 0.4) is 0 Å². The standard InChI is InChI=1S/C13H6Cl4N2/c14-9-6-11(16)10(15)5-8(9)12-7(1-3-18)2-4-19-13(12)17/h2,4-6H,1H2. The van der Waals surface area contributed by atoms with Gasteiger partial charge in [-0.1, -0.05) is 46.4 Å². The van der Waals surface area contributed by atoms with Crippen LogP contribution in [0.25, 0.3) is 11.1 Å². The summed E-state index contributed by atoms with van der Waals surface area (Å²) in [4.78, 5) is 4.01.